The molecule has 4 rings (SSSR count). The molecule has 2 aromatic heterocycles. The zero-order valence-electron chi connectivity index (χ0n) is 16.9. The Hall–Kier alpha value is -3.32. The molecule has 2 aromatic carbocycles. The number of hydrogen-bond donors (Lipinski definition) is 1. The molecule has 0 atom stereocenters. The molecule has 0 saturated carbocycles. The quantitative estimate of drug-likeness (QED) is 0.281. The molecule has 6 nitrogen and oxygen atoms in total. The lowest BCUT2D eigenvalue weighted by molar-refractivity contribution is -0.118. The number of hydrazone groups is 1. The summed E-state index contributed by atoms with van der Waals surface area (Å²) in [4.78, 5) is 17.0. The molecular weight excluding hydrogens is 394 g/mol. The fraction of sp³-hybridized carbons (Fsp3) is 0.174. The lowest BCUT2D eigenvalue weighted by Gasteiger charge is -2.09. The molecule has 0 radical (unpaired) electrons. The van der Waals surface area contributed by atoms with E-state index in [9.17, 15) is 4.79 Å². The van der Waals surface area contributed by atoms with Crippen molar-refractivity contribution >= 4 is 34.9 Å². The van der Waals surface area contributed by atoms with Gasteiger partial charge in [-0.15, -0.1) is 0 Å². The number of carbonyl (C=O) groups is 1. The minimum Gasteiger partial charge on any atom is -0.350 e. The summed E-state index contributed by atoms with van der Waals surface area (Å²) >= 11 is 1.42. The Labute approximate surface area is 179 Å². The van der Waals surface area contributed by atoms with Gasteiger partial charge in [0, 0.05) is 13.2 Å². The predicted molar refractivity (Wildman–Crippen MR) is 122 cm³/mol. The second-order valence-electron chi connectivity index (χ2n) is 7.08. The Bertz CT molecular complexity index is 1190. The molecule has 0 aliphatic heterocycles. The Morgan fingerprint density at radius 3 is 2.70 bits per heavy atom. The highest BCUT2D eigenvalue weighted by atomic mass is 32.2. The Balaban J connectivity index is 1.46. The van der Waals surface area contributed by atoms with E-state index in [1.54, 1.807) is 6.21 Å². The van der Waals surface area contributed by atoms with Gasteiger partial charge in [0.2, 0.25) is 0 Å². The maximum Gasteiger partial charge on any atom is 0.250 e. The number of imidazole rings is 1. The van der Waals surface area contributed by atoms with Gasteiger partial charge in [0.15, 0.2) is 5.16 Å². The van der Waals surface area contributed by atoms with Gasteiger partial charge in [-0.3, -0.25) is 4.79 Å². The van der Waals surface area contributed by atoms with Crippen LogP contribution >= 0.6 is 11.8 Å². The molecule has 0 unspecified atom stereocenters. The molecular formula is C23H23N5OS. The molecule has 0 bridgehead atoms. The molecule has 1 amide bonds. The van der Waals surface area contributed by atoms with E-state index >= 15 is 0 Å². The molecule has 4 aromatic rings. The number of thioether (sulfide) groups is 1. The average molecular weight is 418 g/mol. The van der Waals surface area contributed by atoms with Gasteiger partial charge in [-0.25, -0.2) is 10.4 Å². The highest BCUT2D eigenvalue weighted by Crippen LogP contribution is 2.25. The molecule has 0 aliphatic rings. The smallest absolute Gasteiger partial charge is 0.250 e. The van der Waals surface area contributed by atoms with Gasteiger partial charge in [0.25, 0.3) is 5.91 Å². The molecule has 2 heterocycles. The standard InChI is InChI=1S/C23H23N5OS/c1-17-9-11-18(12-10-17)15-28-21-8-4-3-7-20(21)25-23(28)30-16-22(29)26-24-14-19-6-5-13-27(19)2/h3-14H,15-16H2,1-2H3,(H,26,29)/b24-14-. The normalized spacial score (nSPS) is 11.4. The second kappa shape index (κ2) is 9.00. The zero-order valence-corrected chi connectivity index (χ0v) is 17.8. The number of amides is 1. The van der Waals surface area contributed by atoms with Crippen molar-refractivity contribution in [3.8, 4) is 0 Å². The third-order valence-electron chi connectivity index (χ3n) is 4.78. The number of rotatable bonds is 7. The van der Waals surface area contributed by atoms with Crippen LogP contribution in [-0.4, -0.2) is 32.0 Å². The van der Waals surface area contributed by atoms with Gasteiger partial charge in [-0.05, 0) is 36.8 Å². The summed E-state index contributed by atoms with van der Waals surface area (Å²) in [7, 11) is 1.93. The van der Waals surface area contributed by atoms with Crippen molar-refractivity contribution in [2.24, 2.45) is 12.1 Å². The van der Waals surface area contributed by atoms with Gasteiger partial charge in [0.1, 0.15) is 0 Å². The van der Waals surface area contributed by atoms with Crippen LogP contribution in [0.15, 0.2) is 77.1 Å². The number of carbonyl (C=O) groups excluding carboxylic acids is 1. The molecule has 0 aliphatic carbocycles. The van der Waals surface area contributed by atoms with Gasteiger partial charge < -0.3 is 9.13 Å². The lowest BCUT2D eigenvalue weighted by Crippen LogP contribution is -2.20. The molecule has 1 N–H and O–H groups in total. The SMILES string of the molecule is Cc1ccc(Cn2c(SCC(=O)N/N=C\c3cccn3C)nc3ccccc32)cc1. The average Bonchev–Trinajstić information content (AvgIpc) is 3.31. The second-order valence-corrected chi connectivity index (χ2v) is 8.02. The van der Waals surface area contributed by atoms with Crippen LogP contribution in [0.4, 0.5) is 0 Å². The van der Waals surface area contributed by atoms with Gasteiger partial charge in [-0.2, -0.15) is 5.10 Å². The summed E-state index contributed by atoms with van der Waals surface area (Å²) in [6.07, 6.45) is 3.56. The number of para-hydroxylation sites is 2. The van der Waals surface area contributed by atoms with E-state index < -0.39 is 0 Å². The molecule has 30 heavy (non-hydrogen) atoms. The van der Waals surface area contributed by atoms with Gasteiger partial charge in [-0.1, -0.05) is 53.7 Å². The van der Waals surface area contributed by atoms with Gasteiger partial charge in [0.05, 0.1) is 35.2 Å². The van der Waals surface area contributed by atoms with Crippen LogP contribution < -0.4 is 5.43 Å². The third-order valence-corrected chi connectivity index (χ3v) is 5.76. The third kappa shape index (κ3) is 4.63. The first-order chi connectivity index (χ1) is 14.6. The molecule has 0 fully saturated rings. The van der Waals surface area contributed by atoms with Crippen molar-refractivity contribution in [3.63, 3.8) is 0 Å². The van der Waals surface area contributed by atoms with Crippen molar-refractivity contribution < 1.29 is 4.79 Å². The number of aromatic nitrogens is 3. The largest absolute Gasteiger partial charge is 0.350 e. The summed E-state index contributed by atoms with van der Waals surface area (Å²) in [5.74, 6) is 0.0706. The van der Waals surface area contributed by atoms with E-state index in [1.165, 1.54) is 22.9 Å². The van der Waals surface area contributed by atoms with E-state index in [0.717, 1.165) is 21.9 Å². The summed E-state index contributed by atoms with van der Waals surface area (Å²) < 4.78 is 4.09. The summed E-state index contributed by atoms with van der Waals surface area (Å²) in [6.45, 7) is 2.78. The van der Waals surface area contributed by atoms with Crippen LogP contribution in [-0.2, 0) is 18.4 Å². The first-order valence-corrected chi connectivity index (χ1v) is 10.7. The Morgan fingerprint density at radius 2 is 1.93 bits per heavy atom. The first kappa shape index (κ1) is 20.0. The van der Waals surface area contributed by atoms with Crippen LogP contribution in [0, 0.1) is 6.92 Å². The number of nitrogens with zero attached hydrogens (tertiary/aromatic N) is 4. The number of hydrogen-bond acceptors (Lipinski definition) is 4. The number of fused-ring (bicyclic) bond motifs is 1. The van der Waals surface area contributed by atoms with Gasteiger partial charge >= 0.3 is 0 Å². The lowest BCUT2D eigenvalue weighted by atomic mass is 10.1. The fourth-order valence-electron chi connectivity index (χ4n) is 3.13. The van der Waals surface area contributed by atoms with Crippen LogP contribution in [0.25, 0.3) is 11.0 Å². The maximum atomic E-state index is 12.3. The monoisotopic (exact) mass is 417 g/mol. The van der Waals surface area contributed by atoms with Crippen molar-refractivity contribution in [3.05, 3.63) is 83.7 Å². The van der Waals surface area contributed by atoms with Crippen LogP contribution in [0.3, 0.4) is 0 Å². The number of aryl methyl sites for hydroxylation is 2. The highest BCUT2D eigenvalue weighted by molar-refractivity contribution is 7.99. The van der Waals surface area contributed by atoms with Crippen molar-refractivity contribution in [2.45, 2.75) is 18.6 Å². The Kier molecular flexibility index (Phi) is 5.99. The molecule has 152 valence electrons. The fourth-order valence-corrected chi connectivity index (χ4v) is 3.94. The first-order valence-electron chi connectivity index (χ1n) is 9.67. The maximum absolute atomic E-state index is 12.3. The van der Waals surface area contributed by atoms with Crippen LogP contribution in [0.1, 0.15) is 16.8 Å². The molecule has 0 saturated heterocycles. The van der Waals surface area contributed by atoms with E-state index in [1.807, 2.05) is 48.1 Å². The molecule has 0 spiro atoms. The summed E-state index contributed by atoms with van der Waals surface area (Å²) in [5, 5.41) is 4.86. The zero-order chi connectivity index (χ0) is 20.9. The number of nitrogens with one attached hydrogen (secondary N) is 1. The highest BCUT2D eigenvalue weighted by Gasteiger charge is 2.13. The van der Waals surface area contributed by atoms with E-state index in [4.69, 9.17) is 4.98 Å². The minimum atomic E-state index is -0.167. The van der Waals surface area contributed by atoms with E-state index in [-0.39, 0.29) is 11.7 Å². The van der Waals surface area contributed by atoms with Crippen LogP contribution in [0.2, 0.25) is 0 Å². The summed E-state index contributed by atoms with van der Waals surface area (Å²) in [5.41, 5.74) is 7.92. The predicted octanol–water partition coefficient (Wildman–Crippen LogP) is 3.97. The summed E-state index contributed by atoms with van der Waals surface area (Å²) in [6, 6.07) is 20.4. The van der Waals surface area contributed by atoms with E-state index in [2.05, 4.69) is 52.3 Å². The van der Waals surface area contributed by atoms with Crippen molar-refractivity contribution in [1.29, 1.82) is 0 Å². The topological polar surface area (TPSA) is 64.2 Å². The van der Waals surface area contributed by atoms with Crippen LogP contribution in [0.5, 0.6) is 0 Å². The van der Waals surface area contributed by atoms with E-state index in [0.29, 0.717) is 6.54 Å². The number of benzene rings is 2. The van der Waals surface area contributed by atoms with Crippen molar-refractivity contribution in [1.82, 2.24) is 19.5 Å². The minimum absolute atomic E-state index is 0.167. The molecule has 7 heteroatoms. The Morgan fingerprint density at radius 1 is 1.13 bits per heavy atom. The van der Waals surface area contributed by atoms with Crippen molar-refractivity contribution in [2.75, 3.05) is 5.75 Å².